The van der Waals surface area contributed by atoms with Crippen LogP contribution in [-0.2, 0) is 14.8 Å². The predicted molar refractivity (Wildman–Crippen MR) is 148 cm³/mol. The second kappa shape index (κ2) is 11.1. The quantitative estimate of drug-likeness (QED) is 0.273. The Morgan fingerprint density at radius 1 is 0.974 bits per heavy atom. The molecule has 2 heterocycles. The molecule has 0 bridgehead atoms. The highest BCUT2D eigenvalue weighted by Crippen LogP contribution is 2.26. The van der Waals surface area contributed by atoms with E-state index in [1.165, 1.54) is 22.9 Å². The zero-order valence-corrected chi connectivity index (χ0v) is 22.0. The van der Waals surface area contributed by atoms with E-state index in [4.69, 9.17) is 0 Å². The summed E-state index contributed by atoms with van der Waals surface area (Å²) in [5.41, 5.74) is 2.31. The Balaban J connectivity index is 1.46. The van der Waals surface area contributed by atoms with Crippen molar-refractivity contribution >= 4 is 32.7 Å². The summed E-state index contributed by atoms with van der Waals surface area (Å²) in [7, 11) is -4.04. The molecule has 0 saturated heterocycles. The lowest BCUT2D eigenvalue weighted by Gasteiger charge is -2.22. The first-order valence-corrected chi connectivity index (χ1v) is 13.9. The van der Waals surface area contributed by atoms with Gasteiger partial charge in [0.2, 0.25) is 15.9 Å². The number of amides is 1. The summed E-state index contributed by atoms with van der Waals surface area (Å²) < 4.78 is 43.6. The van der Waals surface area contributed by atoms with Gasteiger partial charge in [-0.1, -0.05) is 55.5 Å². The number of rotatable bonds is 9. The number of aromatic nitrogens is 3. The largest absolute Gasteiger partial charge is 0.309 e. The van der Waals surface area contributed by atoms with E-state index in [0.29, 0.717) is 34.5 Å². The molecule has 2 aromatic heterocycles. The molecule has 5 aromatic rings. The van der Waals surface area contributed by atoms with Gasteiger partial charge in [0.1, 0.15) is 16.5 Å². The molecule has 0 unspecified atom stereocenters. The average Bonchev–Trinajstić information content (AvgIpc) is 3.37. The summed E-state index contributed by atoms with van der Waals surface area (Å²) in [4.78, 5) is 17.6. The molecule has 0 aliphatic heterocycles. The number of halogens is 1. The zero-order chi connectivity index (χ0) is 27.4. The summed E-state index contributed by atoms with van der Waals surface area (Å²) in [5, 5.41) is 8.12. The van der Waals surface area contributed by atoms with Gasteiger partial charge in [-0.2, -0.15) is 9.40 Å². The van der Waals surface area contributed by atoms with Gasteiger partial charge < -0.3 is 5.32 Å². The summed E-state index contributed by atoms with van der Waals surface area (Å²) in [5.74, 6) is -0.614. The number of pyridine rings is 1. The van der Waals surface area contributed by atoms with Gasteiger partial charge in [-0.05, 0) is 42.8 Å². The minimum absolute atomic E-state index is 0.0459. The van der Waals surface area contributed by atoms with E-state index in [1.807, 2.05) is 37.3 Å². The van der Waals surface area contributed by atoms with Gasteiger partial charge in [-0.15, -0.1) is 0 Å². The number of sulfonamides is 1. The van der Waals surface area contributed by atoms with Gasteiger partial charge in [0.25, 0.3) is 0 Å². The van der Waals surface area contributed by atoms with Gasteiger partial charge in [-0.25, -0.2) is 17.5 Å². The molecule has 0 spiro atoms. The number of fused-ring (bicyclic) bond motifs is 1. The van der Waals surface area contributed by atoms with Gasteiger partial charge in [0.05, 0.1) is 23.4 Å². The number of nitrogens with zero attached hydrogens (tertiary/aromatic N) is 4. The number of anilines is 1. The van der Waals surface area contributed by atoms with E-state index >= 15 is 0 Å². The monoisotopic (exact) mass is 543 g/mol. The SMILES string of the molecule is CCCN(CC(=O)Nc1cc(-c2ccccc2)nn1-c1ccc(F)cc1)S(=O)(=O)c1cccc2cccnc12. The van der Waals surface area contributed by atoms with Crippen molar-refractivity contribution in [3.63, 3.8) is 0 Å². The Hall–Kier alpha value is -4.41. The molecule has 0 aliphatic rings. The molecule has 1 N–H and O–H groups in total. The normalized spacial score (nSPS) is 11.7. The van der Waals surface area contributed by atoms with Crippen molar-refractivity contribution in [3.8, 4) is 16.9 Å². The minimum atomic E-state index is -4.04. The topological polar surface area (TPSA) is 97.2 Å². The van der Waals surface area contributed by atoms with Crippen LogP contribution in [0, 0.1) is 5.82 Å². The standard InChI is InChI=1S/C29H26FN5O3S/c1-2-18-34(39(37,38)26-12-6-10-22-11-7-17-31-29(22)26)20-28(36)32-27-19-25(21-8-4-3-5-9-21)33-35(27)24-15-13-23(30)14-16-24/h3-17,19H,2,18,20H2,1H3,(H,32,36). The lowest BCUT2D eigenvalue weighted by Crippen LogP contribution is -2.38. The summed E-state index contributed by atoms with van der Waals surface area (Å²) in [6, 6.07) is 25.3. The highest BCUT2D eigenvalue weighted by Gasteiger charge is 2.28. The molecule has 0 saturated carbocycles. The minimum Gasteiger partial charge on any atom is -0.309 e. The number of hydrogen-bond donors (Lipinski definition) is 1. The first-order valence-electron chi connectivity index (χ1n) is 12.4. The number of carbonyl (C=O) groups excluding carboxylic acids is 1. The Morgan fingerprint density at radius 3 is 2.46 bits per heavy atom. The summed E-state index contributed by atoms with van der Waals surface area (Å²) >= 11 is 0. The Morgan fingerprint density at radius 2 is 1.72 bits per heavy atom. The molecule has 0 aliphatic carbocycles. The number of hydrogen-bond acceptors (Lipinski definition) is 5. The molecule has 5 rings (SSSR count). The lowest BCUT2D eigenvalue weighted by atomic mass is 10.2. The van der Waals surface area contributed by atoms with Gasteiger partial charge >= 0.3 is 0 Å². The predicted octanol–water partition coefficient (Wildman–Crippen LogP) is 5.27. The van der Waals surface area contributed by atoms with Crippen LogP contribution in [-0.4, -0.2) is 46.5 Å². The fourth-order valence-corrected chi connectivity index (χ4v) is 5.95. The molecular formula is C29H26FN5O3S. The maximum Gasteiger partial charge on any atom is 0.245 e. The van der Waals surface area contributed by atoms with Gasteiger partial charge in [-0.3, -0.25) is 9.78 Å². The number of para-hydroxylation sites is 1. The Labute approximate surface area is 225 Å². The average molecular weight is 544 g/mol. The Kier molecular flexibility index (Phi) is 7.49. The van der Waals surface area contributed by atoms with Gasteiger partial charge in [0.15, 0.2) is 0 Å². The number of nitrogens with one attached hydrogen (secondary N) is 1. The van der Waals surface area contributed by atoms with Crippen LogP contribution in [0.4, 0.5) is 10.2 Å². The van der Waals surface area contributed by atoms with Crippen LogP contribution in [0.2, 0.25) is 0 Å². The number of benzene rings is 3. The van der Waals surface area contributed by atoms with Crippen molar-refractivity contribution in [2.75, 3.05) is 18.4 Å². The van der Waals surface area contributed by atoms with Crippen molar-refractivity contribution < 1.29 is 17.6 Å². The molecule has 198 valence electrons. The molecule has 0 radical (unpaired) electrons. The van der Waals surface area contributed by atoms with Crippen LogP contribution >= 0.6 is 0 Å². The van der Waals surface area contributed by atoms with E-state index < -0.39 is 28.3 Å². The summed E-state index contributed by atoms with van der Waals surface area (Å²) in [6.07, 6.45) is 2.05. The van der Waals surface area contributed by atoms with Crippen molar-refractivity contribution in [1.82, 2.24) is 19.1 Å². The first-order chi connectivity index (χ1) is 18.9. The first kappa shape index (κ1) is 26.2. The third-order valence-electron chi connectivity index (χ3n) is 6.12. The molecule has 8 nitrogen and oxygen atoms in total. The fraction of sp³-hybridized carbons (Fsp3) is 0.138. The van der Waals surface area contributed by atoms with Crippen LogP contribution < -0.4 is 5.32 Å². The molecule has 1 amide bonds. The van der Waals surface area contributed by atoms with E-state index in [2.05, 4.69) is 15.4 Å². The highest BCUT2D eigenvalue weighted by molar-refractivity contribution is 7.89. The van der Waals surface area contributed by atoms with E-state index in [9.17, 15) is 17.6 Å². The fourth-order valence-electron chi connectivity index (χ4n) is 4.30. The highest BCUT2D eigenvalue weighted by atomic mass is 32.2. The third kappa shape index (κ3) is 5.57. The van der Waals surface area contributed by atoms with Gasteiger partial charge in [0, 0.05) is 29.8 Å². The second-order valence-corrected chi connectivity index (χ2v) is 10.8. The van der Waals surface area contributed by atoms with E-state index in [0.717, 1.165) is 9.87 Å². The molecule has 0 atom stereocenters. The van der Waals surface area contributed by atoms with E-state index in [-0.39, 0.29) is 11.4 Å². The zero-order valence-electron chi connectivity index (χ0n) is 21.2. The van der Waals surface area contributed by atoms with E-state index in [1.54, 1.807) is 48.7 Å². The smallest absolute Gasteiger partial charge is 0.245 e. The van der Waals surface area contributed by atoms with Crippen LogP contribution in [0.15, 0.2) is 102 Å². The molecule has 39 heavy (non-hydrogen) atoms. The maximum atomic E-state index is 13.7. The second-order valence-electron chi connectivity index (χ2n) is 8.89. The molecule has 3 aromatic carbocycles. The third-order valence-corrected chi connectivity index (χ3v) is 8.00. The van der Waals surface area contributed by atoms with Crippen LogP contribution in [0.5, 0.6) is 0 Å². The maximum absolute atomic E-state index is 13.7. The lowest BCUT2D eigenvalue weighted by molar-refractivity contribution is -0.116. The molecular weight excluding hydrogens is 517 g/mol. The molecule has 10 heteroatoms. The van der Waals surface area contributed by atoms with Crippen LogP contribution in [0.1, 0.15) is 13.3 Å². The van der Waals surface area contributed by atoms with Crippen molar-refractivity contribution in [2.45, 2.75) is 18.2 Å². The van der Waals surface area contributed by atoms with Crippen LogP contribution in [0.3, 0.4) is 0 Å². The van der Waals surface area contributed by atoms with Crippen molar-refractivity contribution in [3.05, 3.63) is 103 Å². The molecule has 0 fully saturated rings. The summed E-state index contributed by atoms with van der Waals surface area (Å²) in [6.45, 7) is 1.58. The number of carbonyl (C=O) groups is 1. The van der Waals surface area contributed by atoms with Crippen molar-refractivity contribution in [2.24, 2.45) is 0 Å². The Bertz CT molecular complexity index is 1720. The van der Waals surface area contributed by atoms with Crippen LogP contribution in [0.25, 0.3) is 27.8 Å². The van der Waals surface area contributed by atoms with Crippen molar-refractivity contribution in [1.29, 1.82) is 0 Å².